The summed E-state index contributed by atoms with van der Waals surface area (Å²) in [4.78, 5) is 20.4. The highest BCUT2D eigenvalue weighted by Gasteiger charge is 2.32. The first-order valence-electron chi connectivity index (χ1n) is 10.5. The lowest BCUT2D eigenvalue weighted by molar-refractivity contribution is 0.0522. The second-order valence-corrected chi connectivity index (χ2v) is 9.61. The Morgan fingerprint density at radius 2 is 1.86 bits per heavy atom. The summed E-state index contributed by atoms with van der Waals surface area (Å²) in [7, 11) is 0. The van der Waals surface area contributed by atoms with Crippen LogP contribution in [0.5, 0.6) is 0 Å². The lowest BCUT2D eigenvalue weighted by atomic mass is 9.91. The van der Waals surface area contributed by atoms with E-state index in [9.17, 15) is 9.90 Å². The molecule has 6 nitrogen and oxygen atoms in total. The molecule has 0 bridgehead atoms. The van der Waals surface area contributed by atoms with Crippen molar-refractivity contribution >= 4 is 16.9 Å². The maximum atomic E-state index is 13.5. The maximum Gasteiger partial charge on any atom is 0.254 e. The van der Waals surface area contributed by atoms with Gasteiger partial charge in [-0.25, -0.2) is 9.67 Å². The molecule has 2 aromatic heterocycles. The average Bonchev–Trinajstić information content (AvgIpc) is 3.43. The fourth-order valence-corrected chi connectivity index (χ4v) is 4.29. The molecule has 2 aliphatic rings. The molecule has 1 saturated carbocycles. The molecule has 1 saturated heterocycles. The Morgan fingerprint density at radius 1 is 1.21 bits per heavy atom. The van der Waals surface area contributed by atoms with Crippen molar-refractivity contribution in [2.24, 2.45) is 5.92 Å². The predicted octanol–water partition coefficient (Wildman–Crippen LogP) is 3.61. The molecular weight excluding hydrogens is 352 g/mol. The topological polar surface area (TPSA) is 71.2 Å². The molecule has 6 heteroatoms. The molecule has 1 atom stereocenters. The summed E-state index contributed by atoms with van der Waals surface area (Å²) in [5, 5.41) is 15.5. The number of aliphatic hydroxyl groups is 1. The average molecular weight is 385 g/mol. The Labute approximate surface area is 166 Å². The van der Waals surface area contributed by atoms with Gasteiger partial charge in [-0.05, 0) is 72.3 Å². The minimum absolute atomic E-state index is 0.0786. The third-order valence-corrected chi connectivity index (χ3v) is 6.20. The van der Waals surface area contributed by atoms with Crippen LogP contribution in [-0.2, 0) is 5.54 Å². The quantitative estimate of drug-likeness (QED) is 0.878. The number of hydrogen-bond acceptors (Lipinski definition) is 4. The normalized spacial score (nSPS) is 20.0. The number of carbonyl (C=O) groups excluding carboxylic acids is 1. The zero-order valence-electron chi connectivity index (χ0n) is 17.7. The Balaban J connectivity index is 1.76. The van der Waals surface area contributed by atoms with Crippen molar-refractivity contribution in [3.63, 3.8) is 0 Å². The number of rotatable bonds is 3. The summed E-state index contributed by atoms with van der Waals surface area (Å²) < 4.78 is 1.97. The molecule has 1 amide bonds. The van der Waals surface area contributed by atoms with Crippen molar-refractivity contribution in [1.82, 2.24) is 19.7 Å². The van der Waals surface area contributed by atoms with E-state index in [1.165, 1.54) is 0 Å². The van der Waals surface area contributed by atoms with Crippen molar-refractivity contribution in [1.29, 1.82) is 0 Å². The third kappa shape index (κ3) is 3.43. The van der Waals surface area contributed by atoms with Crippen LogP contribution in [0.1, 0.15) is 81.0 Å². The number of amides is 1. The van der Waals surface area contributed by atoms with Gasteiger partial charge in [0, 0.05) is 24.7 Å². The first kappa shape index (κ1) is 19.4. The summed E-state index contributed by atoms with van der Waals surface area (Å²) in [6.07, 6.45) is 3.70. The fourth-order valence-electron chi connectivity index (χ4n) is 4.29. The van der Waals surface area contributed by atoms with Gasteiger partial charge in [-0.2, -0.15) is 5.10 Å². The van der Waals surface area contributed by atoms with Crippen LogP contribution in [0, 0.1) is 12.8 Å². The molecule has 2 aromatic rings. The summed E-state index contributed by atoms with van der Waals surface area (Å²) in [5.41, 5.74) is 3.27. The van der Waals surface area contributed by atoms with Gasteiger partial charge in [0.2, 0.25) is 0 Å². The van der Waals surface area contributed by atoms with Crippen LogP contribution in [0.25, 0.3) is 11.0 Å². The first-order valence-corrected chi connectivity index (χ1v) is 10.5. The van der Waals surface area contributed by atoms with Gasteiger partial charge < -0.3 is 10.0 Å². The monoisotopic (exact) mass is 384 g/mol. The molecular formula is C22H32N4O2. The standard InChI is InChI=1S/C22H32N4O2/c1-13-19-17(21(28)25-10-8-15(9-11-25)14(2)27)12-18(16-6-7-16)23-20(19)26(24-13)22(3,4)5/h12,14-16,27H,6-11H2,1-5H3. The Bertz CT molecular complexity index is 897. The summed E-state index contributed by atoms with van der Waals surface area (Å²) in [6.45, 7) is 11.6. The lowest BCUT2D eigenvalue weighted by Gasteiger charge is -2.33. The highest BCUT2D eigenvalue weighted by atomic mass is 16.3. The van der Waals surface area contributed by atoms with Crippen LogP contribution in [0.15, 0.2) is 6.07 Å². The van der Waals surface area contributed by atoms with Gasteiger partial charge >= 0.3 is 0 Å². The van der Waals surface area contributed by atoms with Crippen molar-refractivity contribution in [2.75, 3.05) is 13.1 Å². The molecule has 1 unspecified atom stereocenters. The van der Waals surface area contributed by atoms with E-state index in [0.717, 1.165) is 53.7 Å². The predicted molar refractivity (Wildman–Crippen MR) is 110 cm³/mol. The third-order valence-electron chi connectivity index (χ3n) is 6.20. The van der Waals surface area contributed by atoms with Crippen LogP contribution in [0.4, 0.5) is 0 Å². The summed E-state index contributed by atoms with van der Waals surface area (Å²) >= 11 is 0. The van der Waals surface area contributed by atoms with E-state index >= 15 is 0 Å². The number of pyridine rings is 1. The van der Waals surface area contributed by atoms with Crippen LogP contribution in [-0.4, -0.2) is 49.9 Å². The van der Waals surface area contributed by atoms with Gasteiger partial charge in [-0.1, -0.05) is 0 Å². The fraction of sp³-hybridized carbons (Fsp3) is 0.682. The van der Waals surface area contributed by atoms with Crippen molar-refractivity contribution < 1.29 is 9.90 Å². The molecule has 0 radical (unpaired) electrons. The number of carbonyl (C=O) groups is 1. The van der Waals surface area contributed by atoms with E-state index in [2.05, 4.69) is 20.8 Å². The van der Waals surface area contributed by atoms with E-state index < -0.39 is 0 Å². The number of aryl methyl sites for hydroxylation is 1. The lowest BCUT2D eigenvalue weighted by Crippen LogP contribution is -2.40. The molecule has 1 N–H and O–H groups in total. The van der Waals surface area contributed by atoms with Crippen LogP contribution in [0.2, 0.25) is 0 Å². The highest BCUT2D eigenvalue weighted by Crippen LogP contribution is 2.41. The number of nitrogens with zero attached hydrogens (tertiary/aromatic N) is 4. The van der Waals surface area contributed by atoms with Gasteiger partial charge in [0.1, 0.15) is 0 Å². The number of likely N-dealkylation sites (tertiary alicyclic amines) is 1. The maximum absolute atomic E-state index is 13.5. The van der Waals surface area contributed by atoms with Gasteiger partial charge in [0.25, 0.3) is 5.91 Å². The van der Waals surface area contributed by atoms with Crippen LogP contribution < -0.4 is 0 Å². The number of aromatic nitrogens is 3. The summed E-state index contributed by atoms with van der Waals surface area (Å²) in [5.74, 6) is 0.837. The van der Waals surface area contributed by atoms with E-state index in [0.29, 0.717) is 19.0 Å². The molecule has 4 rings (SSSR count). The number of hydrogen-bond donors (Lipinski definition) is 1. The smallest absolute Gasteiger partial charge is 0.254 e. The second-order valence-electron chi connectivity index (χ2n) is 9.61. The van der Waals surface area contributed by atoms with Crippen molar-refractivity contribution in [3.05, 3.63) is 23.0 Å². The van der Waals surface area contributed by atoms with Gasteiger partial charge in [-0.15, -0.1) is 0 Å². The molecule has 28 heavy (non-hydrogen) atoms. The zero-order valence-corrected chi connectivity index (χ0v) is 17.7. The first-order chi connectivity index (χ1) is 13.2. The minimum atomic E-state index is -0.307. The van der Waals surface area contributed by atoms with E-state index in [1.807, 2.05) is 29.5 Å². The van der Waals surface area contributed by atoms with Crippen LogP contribution in [0.3, 0.4) is 0 Å². The van der Waals surface area contributed by atoms with Gasteiger partial charge in [-0.3, -0.25) is 4.79 Å². The number of aliphatic hydroxyl groups excluding tert-OH is 1. The summed E-state index contributed by atoms with van der Waals surface area (Å²) in [6, 6.07) is 2.02. The Morgan fingerprint density at radius 3 is 2.39 bits per heavy atom. The van der Waals surface area contributed by atoms with Gasteiger partial charge in [0.15, 0.2) is 5.65 Å². The molecule has 1 aliphatic carbocycles. The molecule has 3 heterocycles. The molecule has 0 spiro atoms. The van der Waals surface area contributed by atoms with E-state index in [1.54, 1.807) is 0 Å². The number of fused-ring (bicyclic) bond motifs is 1. The second kappa shape index (κ2) is 6.83. The SMILES string of the molecule is Cc1nn(C(C)(C)C)c2nc(C3CC3)cc(C(=O)N3CCC(C(C)O)CC3)c12. The van der Waals surface area contributed by atoms with E-state index in [-0.39, 0.29) is 23.5 Å². The Kier molecular flexibility index (Phi) is 4.73. The molecule has 0 aromatic carbocycles. The molecule has 1 aliphatic heterocycles. The molecule has 2 fully saturated rings. The number of piperidine rings is 1. The largest absolute Gasteiger partial charge is 0.393 e. The van der Waals surface area contributed by atoms with Crippen LogP contribution >= 0.6 is 0 Å². The molecule has 152 valence electrons. The zero-order chi connectivity index (χ0) is 20.2. The van der Waals surface area contributed by atoms with Crippen molar-refractivity contribution in [2.45, 2.75) is 77.9 Å². The highest BCUT2D eigenvalue weighted by molar-refractivity contribution is 6.06. The van der Waals surface area contributed by atoms with Gasteiger partial charge in [0.05, 0.1) is 28.3 Å². The van der Waals surface area contributed by atoms with Crippen molar-refractivity contribution in [3.8, 4) is 0 Å². The van der Waals surface area contributed by atoms with E-state index in [4.69, 9.17) is 10.1 Å². The Hall–Kier alpha value is -1.95. The minimum Gasteiger partial charge on any atom is -0.393 e.